The molecule has 0 saturated carbocycles. The maximum absolute atomic E-state index is 14.0. The molecule has 2 aromatic heterocycles. The molecule has 0 spiro atoms. The molecule has 1 radical (unpaired) electrons. The fourth-order valence-corrected chi connectivity index (χ4v) is 10.4. The summed E-state index contributed by atoms with van der Waals surface area (Å²) in [6.45, 7) is 8.45. The number of carbonyl (C=O) groups excluding carboxylic acids is 4. The summed E-state index contributed by atoms with van der Waals surface area (Å²) >= 11 is 0. The van der Waals surface area contributed by atoms with Gasteiger partial charge in [0.2, 0.25) is 0 Å². The molecule has 18 heteroatoms. The number of amides is 2. The van der Waals surface area contributed by atoms with Crippen LogP contribution >= 0.6 is 0 Å². The third-order valence-electron chi connectivity index (χ3n) is 13.8. The molecule has 4 atom stereocenters. The van der Waals surface area contributed by atoms with Crippen LogP contribution in [0.25, 0.3) is 44.8 Å². The topological polar surface area (TPSA) is 229 Å². The first-order valence-corrected chi connectivity index (χ1v) is 27.3. The summed E-state index contributed by atoms with van der Waals surface area (Å²) < 4.78 is 32.0. The van der Waals surface area contributed by atoms with Gasteiger partial charge in [0, 0.05) is 101 Å². The average molecular weight is 1180 g/mol. The van der Waals surface area contributed by atoms with Crippen LogP contribution in [0.2, 0.25) is 0 Å². The van der Waals surface area contributed by atoms with Gasteiger partial charge in [0.15, 0.2) is 0 Å². The van der Waals surface area contributed by atoms with Gasteiger partial charge in [0.25, 0.3) is 11.8 Å². The Labute approximate surface area is 540 Å². The number of benzene rings is 6. The SMILES string of the molecule is CC(C)c1c(C(=O)Nc2ccccc2)c(-c2ccccc2)c(-c2ccc(F)cc2)n1CC[C@@H](O)C[C@@H](O)CC(=O)[O-].CC(C)c1c(C(=O)Nc2ccccc2)c(-c2ccccc2)c(-c2ccc(F)cc2)n1CC[C@@H](O)C[C@@H](O)CC(=O)[O-].[Ca+2].[Na]. The van der Waals surface area contributed by atoms with E-state index in [0.717, 1.165) is 22.5 Å². The van der Waals surface area contributed by atoms with Crippen LogP contribution in [-0.4, -0.2) is 145 Å². The second kappa shape index (κ2) is 32.8. The van der Waals surface area contributed by atoms with Gasteiger partial charge in [-0.2, -0.15) is 0 Å². The van der Waals surface area contributed by atoms with Crippen molar-refractivity contribution in [2.45, 2.75) is 116 Å². The predicted molar refractivity (Wildman–Crippen MR) is 321 cm³/mol. The number of carboxylic acid groups (broad SMARTS) is 2. The summed E-state index contributed by atoms with van der Waals surface area (Å²) in [6, 6.07) is 49.4. The molecule has 0 aliphatic carbocycles. The Morgan fingerprint density at radius 2 is 0.750 bits per heavy atom. The first-order chi connectivity index (χ1) is 39.3. The van der Waals surface area contributed by atoms with Crippen molar-refractivity contribution in [1.82, 2.24) is 9.13 Å². The minimum atomic E-state index is -1.39. The number of aliphatic carboxylic acids is 2. The zero-order chi connectivity index (χ0) is 59.0. The van der Waals surface area contributed by atoms with Crippen molar-refractivity contribution < 1.29 is 58.6 Å². The van der Waals surface area contributed by atoms with E-state index in [-0.39, 0.29) is 130 Å². The van der Waals surface area contributed by atoms with E-state index in [0.29, 0.717) is 56.1 Å². The van der Waals surface area contributed by atoms with Crippen LogP contribution in [0.3, 0.4) is 0 Å². The number of aromatic nitrogens is 2. The van der Waals surface area contributed by atoms with Crippen molar-refractivity contribution in [2.24, 2.45) is 0 Å². The smallest absolute Gasteiger partial charge is 0.550 e. The van der Waals surface area contributed by atoms with E-state index >= 15 is 0 Å². The van der Waals surface area contributed by atoms with Crippen molar-refractivity contribution >= 4 is 102 Å². The number of carboxylic acids is 2. The van der Waals surface area contributed by atoms with E-state index < -0.39 is 60.8 Å². The third kappa shape index (κ3) is 18.4. The number of nitrogens with zero attached hydrogens (tertiary/aromatic N) is 2. The Kier molecular flexibility index (Phi) is 26.8. The molecule has 0 fully saturated rings. The van der Waals surface area contributed by atoms with E-state index in [1.807, 2.05) is 134 Å². The molecule has 0 bridgehead atoms. The number of rotatable bonds is 24. The number of halogens is 2. The first-order valence-electron chi connectivity index (χ1n) is 27.3. The summed E-state index contributed by atoms with van der Waals surface area (Å²) in [7, 11) is 0. The average Bonchev–Trinajstić information content (AvgIpc) is 2.49. The molecule has 84 heavy (non-hydrogen) atoms. The van der Waals surface area contributed by atoms with Crippen molar-refractivity contribution in [3.63, 3.8) is 0 Å². The zero-order valence-corrected chi connectivity index (χ0v) is 52.1. The molecule has 14 nitrogen and oxygen atoms in total. The number of para-hydroxylation sites is 2. The molecule has 0 aliphatic rings. The molecule has 429 valence electrons. The number of anilines is 2. The fourth-order valence-electron chi connectivity index (χ4n) is 10.4. The van der Waals surface area contributed by atoms with Crippen LogP contribution in [0.4, 0.5) is 20.2 Å². The van der Waals surface area contributed by atoms with Crippen molar-refractivity contribution in [3.8, 4) is 44.8 Å². The molecular weight excluding hydrogens is 1110 g/mol. The second-order valence-corrected chi connectivity index (χ2v) is 20.8. The quantitative estimate of drug-likeness (QED) is 0.0314. The summed E-state index contributed by atoms with van der Waals surface area (Å²) in [5, 5.41) is 69.2. The van der Waals surface area contributed by atoms with Gasteiger partial charge >= 0.3 is 37.7 Å². The largest absolute Gasteiger partial charge is 2.00 e. The maximum Gasteiger partial charge on any atom is 2.00 e. The number of hydrogen-bond donors (Lipinski definition) is 6. The van der Waals surface area contributed by atoms with E-state index in [9.17, 15) is 58.6 Å². The van der Waals surface area contributed by atoms with E-state index in [4.69, 9.17) is 0 Å². The van der Waals surface area contributed by atoms with E-state index in [2.05, 4.69) is 10.6 Å². The molecule has 6 N–H and O–H groups in total. The van der Waals surface area contributed by atoms with Crippen molar-refractivity contribution in [3.05, 3.63) is 204 Å². The number of nitrogens with one attached hydrogen (secondary N) is 2. The van der Waals surface area contributed by atoms with Gasteiger partial charge in [-0.25, -0.2) is 8.78 Å². The molecule has 8 rings (SSSR count). The fraction of sp³-hybridized carbons (Fsp3) is 0.273. The van der Waals surface area contributed by atoms with Crippen LogP contribution < -0.4 is 20.8 Å². The summed E-state index contributed by atoms with van der Waals surface area (Å²) in [6.07, 6.45) is -5.54. The normalized spacial score (nSPS) is 12.4. The van der Waals surface area contributed by atoms with Gasteiger partial charge in [-0.15, -0.1) is 0 Å². The molecule has 6 aromatic carbocycles. The maximum atomic E-state index is 14.0. The molecular formula is C66H68CaF2N4NaO10. The van der Waals surface area contributed by atoms with Gasteiger partial charge in [0.05, 0.1) is 46.9 Å². The molecule has 0 unspecified atom stereocenters. The van der Waals surface area contributed by atoms with E-state index in [1.54, 1.807) is 48.5 Å². The van der Waals surface area contributed by atoms with Crippen LogP contribution in [-0.2, 0) is 22.7 Å². The molecule has 8 aromatic rings. The molecule has 2 amide bonds. The Morgan fingerprint density at radius 1 is 0.452 bits per heavy atom. The summed E-state index contributed by atoms with van der Waals surface area (Å²) in [5.74, 6) is -4.41. The Hall–Kier alpha value is -6.28. The zero-order valence-electron chi connectivity index (χ0n) is 47.9. The van der Waals surface area contributed by atoms with Crippen LogP contribution in [0, 0.1) is 11.6 Å². The van der Waals surface area contributed by atoms with Crippen LogP contribution in [0.1, 0.15) is 110 Å². The first kappa shape index (κ1) is 68.5. The number of hydrogen-bond acceptors (Lipinski definition) is 10. The van der Waals surface area contributed by atoms with Gasteiger partial charge < -0.3 is 60.0 Å². The number of aliphatic hydroxyl groups is 4. The van der Waals surface area contributed by atoms with Crippen molar-refractivity contribution in [2.75, 3.05) is 10.6 Å². The van der Waals surface area contributed by atoms with Gasteiger partial charge in [-0.1, -0.05) is 125 Å². The summed E-state index contributed by atoms with van der Waals surface area (Å²) in [5.41, 5.74) is 9.43. The molecule has 0 aliphatic heterocycles. The molecule has 0 saturated heterocycles. The predicted octanol–water partition coefficient (Wildman–Crippen LogP) is 9.20. The minimum Gasteiger partial charge on any atom is -0.550 e. The van der Waals surface area contributed by atoms with Gasteiger partial charge in [0.1, 0.15) is 11.6 Å². The van der Waals surface area contributed by atoms with Gasteiger partial charge in [-0.05, 0) is 133 Å². The Bertz CT molecular complexity index is 3180. The molecule has 2 heterocycles. The van der Waals surface area contributed by atoms with Crippen LogP contribution in [0.5, 0.6) is 0 Å². The minimum absolute atomic E-state index is 0. The number of aliphatic hydroxyl groups excluding tert-OH is 4. The standard InChI is InChI=1S/2C33H35FN2O5.Ca.Na/c2*1-21(2)31-30(33(41)35-25-11-7-4-8-12-25)29(22-9-5-3-6-10-22)32(23-13-15-24(34)16-14-23)36(31)18-17-26(37)19-27(38)20-28(39)40;;/h2*3-16,21,26-27,37-38H,17-20H2,1-2H3,(H,35,41)(H,39,40);;/q;;+2;/p-2/t2*26-,27-;;/m11../s1. The van der Waals surface area contributed by atoms with Gasteiger partial charge in [-0.3, -0.25) is 9.59 Å². The third-order valence-corrected chi connectivity index (χ3v) is 13.8. The Balaban J connectivity index is 0.000000300. The second-order valence-electron chi connectivity index (χ2n) is 20.8. The van der Waals surface area contributed by atoms with Crippen molar-refractivity contribution in [1.29, 1.82) is 0 Å². The summed E-state index contributed by atoms with van der Waals surface area (Å²) in [4.78, 5) is 49.8. The monoisotopic (exact) mass is 1180 g/mol. The Morgan fingerprint density at radius 3 is 1.04 bits per heavy atom. The van der Waals surface area contributed by atoms with E-state index in [1.165, 1.54) is 24.3 Å². The number of carbonyl (C=O) groups is 4. The van der Waals surface area contributed by atoms with Crippen LogP contribution in [0.15, 0.2) is 170 Å².